The first kappa shape index (κ1) is 15.0. The second-order valence-corrected chi connectivity index (χ2v) is 6.84. The highest BCUT2D eigenvalue weighted by Crippen LogP contribution is 2.56. The summed E-state index contributed by atoms with van der Waals surface area (Å²) in [5.74, 6) is 1.98. The standard InChI is InChI=1S/C18H26N4O/c19-18(20-6-3-7-22-8-10-23-11-9-22)21-17-15-12-13-4-1-2-5-14(13)16(15)17/h1-2,4-5,15-17H,3,6-12H2,(H3,19,20,21). The zero-order valence-corrected chi connectivity index (χ0v) is 13.6. The Kier molecular flexibility index (Phi) is 4.23. The molecule has 1 heterocycles. The lowest BCUT2D eigenvalue weighted by Crippen LogP contribution is -2.37. The third-order valence-corrected chi connectivity index (χ3v) is 5.37. The van der Waals surface area contributed by atoms with Gasteiger partial charge in [0.15, 0.2) is 5.96 Å². The second-order valence-electron chi connectivity index (χ2n) is 6.84. The van der Waals surface area contributed by atoms with Gasteiger partial charge in [-0.3, -0.25) is 9.89 Å². The molecule has 1 saturated carbocycles. The van der Waals surface area contributed by atoms with Crippen molar-refractivity contribution in [3.05, 3.63) is 35.4 Å². The van der Waals surface area contributed by atoms with Gasteiger partial charge in [-0.1, -0.05) is 24.3 Å². The van der Waals surface area contributed by atoms with Crippen molar-refractivity contribution in [2.75, 3.05) is 39.4 Å². The van der Waals surface area contributed by atoms with E-state index in [0.29, 0.717) is 17.9 Å². The van der Waals surface area contributed by atoms with Crippen molar-refractivity contribution < 1.29 is 4.74 Å². The molecular weight excluding hydrogens is 288 g/mol. The van der Waals surface area contributed by atoms with E-state index < -0.39 is 0 Å². The van der Waals surface area contributed by atoms with E-state index in [1.807, 2.05) is 0 Å². The lowest BCUT2D eigenvalue weighted by molar-refractivity contribution is 0.0377. The first-order valence-corrected chi connectivity index (χ1v) is 8.77. The molecule has 0 amide bonds. The van der Waals surface area contributed by atoms with Gasteiger partial charge in [-0.15, -0.1) is 0 Å². The van der Waals surface area contributed by atoms with Crippen LogP contribution in [-0.2, 0) is 11.2 Å². The molecular formula is C18H26N4O. The highest BCUT2D eigenvalue weighted by atomic mass is 16.5. The lowest BCUT2D eigenvalue weighted by Gasteiger charge is -2.26. The maximum atomic E-state index is 6.06. The SMILES string of the molecule is NC(=NCCCN1CCOCC1)NC1C2Cc3ccccc3C21. The highest BCUT2D eigenvalue weighted by Gasteiger charge is 2.55. The molecule has 3 N–H and O–H groups in total. The van der Waals surface area contributed by atoms with Crippen LogP contribution in [0.5, 0.6) is 0 Å². The number of ether oxygens (including phenoxy) is 1. The number of benzene rings is 1. The number of hydrogen-bond acceptors (Lipinski definition) is 3. The topological polar surface area (TPSA) is 62.9 Å². The summed E-state index contributed by atoms with van der Waals surface area (Å²) in [7, 11) is 0. The molecule has 0 aromatic heterocycles. The fourth-order valence-electron chi connectivity index (χ4n) is 4.08. The first-order valence-electron chi connectivity index (χ1n) is 8.77. The maximum Gasteiger partial charge on any atom is 0.188 e. The molecule has 0 radical (unpaired) electrons. The Labute approximate surface area is 137 Å². The van der Waals surface area contributed by atoms with Gasteiger partial charge in [0, 0.05) is 38.1 Å². The van der Waals surface area contributed by atoms with Crippen LogP contribution in [0.15, 0.2) is 29.3 Å². The van der Waals surface area contributed by atoms with Gasteiger partial charge in [0.2, 0.25) is 0 Å². The molecule has 1 aromatic rings. The minimum atomic E-state index is 0.493. The number of nitrogens with zero attached hydrogens (tertiary/aromatic N) is 2. The van der Waals surface area contributed by atoms with Crippen molar-refractivity contribution in [3.8, 4) is 0 Å². The van der Waals surface area contributed by atoms with Crippen molar-refractivity contribution in [2.45, 2.75) is 24.8 Å². The summed E-state index contributed by atoms with van der Waals surface area (Å²) in [5, 5.41) is 3.43. The molecule has 2 aliphatic carbocycles. The van der Waals surface area contributed by atoms with Crippen LogP contribution in [0.1, 0.15) is 23.5 Å². The van der Waals surface area contributed by atoms with Gasteiger partial charge < -0.3 is 15.8 Å². The average molecular weight is 314 g/mol. The van der Waals surface area contributed by atoms with Crippen LogP contribution in [0.2, 0.25) is 0 Å². The second kappa shape index (κ2) is 6.49. The first-order chi connectivity index (χ1) is 11.3. The van der Waals surface area contributed by atoms with Crippen molar-refractivity contribution >= 4 is 5.96 Å². The molecule has 0 bridgehead atoms. The van der Waals surface area contributed by atoms with Crippen LogP contribution in [0, 0.1) is 5.92 Å². The molecule has 1 aromatic carbocycles. The molecule has 1 aliphatic heterocycles. The van der Waals surface area contributed by atoms with Crippen LogP contribution < -0.4 is 11.1 Å². The molecule has 23 heavy (non-hydrogen) atoms. The molecule has 124 valence electrons. The molecule has 5 heteroatoms. The summed E-state index contributed by atoms with van der Waals surface area (Å²) in [6.45, 7) is 5.69. The normalized spacial score (nSPS) is 29.9. The predicted molar refractivity (Wildman–Crippen MR) is 91.7 cm³/mol. The zero-order chi connectivity index (χ0) is 15.6. The van der Waals surface area contributed by atoms with Gasteiger partial charge >= 0.3 is 0 Å². The van der Waals surface area contributed by atoms with Crippen molar-refractivity contribution in [1.29, 1.82) is 0 Å². The minimum absolute atomic E-state index is 0.493. The molecule has 3 unspecified atom stereocenters. The fraction of sp³-hybridized carbons (Fsp3) is 0.611. The van der Waals surface area contributed by atoms with Gasteiger partial charge in [-0.25, -0.2) is 0 Å². The lowest BCUT2D eigenvalue weighted by atomic mass is 10.1. The van der Waals surface area contributed by atoms with Gasteiger partial charge in [0.25, 0.3) is 0 Å². The number of hydrogen-bond donors (Lipinski definition) is 2. The quantitative estimate of drug-likeness (QED) is 0.483. The van der Waals surface area contributed by atoms with Gasteiger partial charge in [0.05, 0.1) is 13.2 Å². The Bertz CT molecular complexity index is 582. The van der Waals surface area contributed by atoms with Gasteiger partial charge in [-0.2, -0.15) is 0 Å². The third kappa shape index (κ3) is 3.21. The van der Waals surface area contributed by atoms with Crippen LogP contribution in [-0.4, -0.2) is 56.3 Å². The Morgan fingerprint density at radius 1 is 1.30 bits per heavy atom. The van der Waals surface area contributed by atoms with Crippen LogP contribution in [0.25, 0.3) is 0 Å². The van der Waals surface area contributed by atoms with Crippen molar-refractivity contribution in [1.82, 2.24) is 10.2 Å². The molecule has 5 nitrogen and oxygen atoms in total. The van der Waals surface area contributed by atoms with E-state index in [2.05, 4.69) is 39.5 Å². The van der Waals surface area contributed by atoms with E-state index >= 15 is 0 Å². The molecule has 3 aliphatic rings. The summed E-state index contributed by atoms with van der Waals surface area (Å²) >= 11 is 0. The summed E-state index contributed by atoms with van der Waals surface area (Å²) < 4.78 is 5.36. The number of nitrogens with two attached hydrogens (primary N) is 1. The van der Waals surface area contributed by atoms with Crippen molar-refractivity contribution in [2.24, 2.45) is 16.6 Å². The largest absolute Gasteiger partial charge is 0.379 e. The molecule has 2 fully saturated rings. The van der Waals surface area contributed by atoms with Crippen LogP contribution >= 0.6 is 0 Å². The molecule has 1 saturated heterocycles. The monoisotopic (exact) mass is 314 g/mol. The number of morpholine rings is 1. The minimum Gasteiger partial charge on any atom is -0.379 e. The van der Waals surface area contributed by atoms with E-state index in [1.54, 1.807) is 0 Å². The van der Waals surface area contributed by atoms with Crippen molar-refractivity contribution in [3.63, 3.8) is 0 Å². The maximum absolute atomic E-state index is 6.06. The number of aliphatic imine (C=N–C) groups is 1. The summed E-state index contributed by atoms with van der Waals surface area (Å²) in [5.41, 5.74) is 9.09. The third-order valence-electron chi connectivity index (χ3n) is 5.37. The van der Waals surface area contributed by atoms with E-state index in [1.165, 1.54) is 17.5 Å². The number of rotatable bonds is 5. The Morgan fingerprint density at radius 3 is 3.00 bits per heavy atom. The number of nitrogens with one attached hydrogen (secondary N) is 1. The summed E-state index contributed by atoms with van der Waals surface area (Å²) in [4.78, 5) is 6.93. The van der Waals surface area contributed by atoms with Crippen LogP contribution in [0.3, 0.4) is 0 Å². The Hall–Kier alpha value is -1.59. The summed E-state index contributed by atoms with van der Waals surface area (Å²) in [6.07, 6.45) is 2.24. The fourth-order valence-corrected chi connectivity index (χ4v) is 4.08. The zero-order valence-electron chi connectivity index (χ0n) is 13.6. The molecule has 3 atom stereocenters. The predicted octanol–water partition coefficient (Wildman–Crippen LogP) is 0.951. The average Bonchev–Trinajstić information content (AvgIpc) is 3.09. The van der Waals surface area contributed by atoms with Gasteiger partial charge in [-0.05, 0) is 29.9 Å². The van der Waals surface area contributed by atoms with Crippen LogP contribution in [0.4, 0.5) is 0 Å². The smallest absolute Gasteiger partial charge is 0.188 e. The highest BCUT2D eigenvalue weighted by molar-refractivity contribution is 5.79. The van der Waals surface area contributed by atoms with E-state index in [-0.39, 0.29) is 0 Å². The van der Waals surface area contributed by atoms with E-state index in [9.17, 15) is 0 Å². The van der Waals surface area contributed by atoms with E-state index in [4.69, 9.17) is 10.5 Å². The number of fused-ring (bicyclic) bond motifs is 3. The van der Waals surface area contributed by atoms with Gasteiger partial charge in [0.1, 0.15) is 0 Å². The Balaban J connectivity index is 1.20. The Morgan fingerprint density at radius 2 is 2.13 bits per heavy atom. The summed E-state index contributed by atoms with van der Waals surface area (Å²) in [6, 6.07) is 9.28. The molecule has 4 rings (SSSR count). The number of guanidine groups is 1. The molecule has 0 spiro atoms. The van der Waals surface area contributed by atoms with E-state index in [0.717, 1.165) is 51.7 Å².